The number of carbonyl (C=O) groups is 2. The van der Waals surface area contributed by atoms with Crippen LogP contribution >= 0.6 is 0 Å². The van der Waals surface area contributed by atoms with Gasteiger partial charge in [0.2, 0.25) is 0 Å². The van der Waals surface area contributed by atoms with Crippen LogP contribution < -0.4 is 4.90 Å². The second-order valence-electron chi connectivity index (χ2n) is 6.13. The molecular formula is C15H21N3O4. The van der Waals surface area contributed by atoms with Gasteiger partial charge in [-0.1, -0.05) is 0 Å². The van der Waals surface area contributed by atoms with E-state index in [9.17, 15) is 14.7 Å². The number of aromatic carboxylic acids is 1. The third-order valence-electron chi connectivity index (χ3n) is 3.25. The molecule has 0 radical (unpaired) electrons. The maximum atomic E-state index is 12.0. The Hall–Kier alpha value is -2.31. The maximum absolute atomic E-state index is 12.0. The van der Waals surface area contributed by atoms with Gasteiger partial charge in [0.05, 0.1) is 0 Å². The lowest BCUT2D eigenvalue weighted by molar-refractivity contribution is 0.0239. The van der Waals surface area contributed by atoms with Crippen LogP contribution in [-0.4, -0.2) is 58.8 Å². The quantitative estimate of drug-likeness (QED) is 0.897. The Balaban J connectivity index is 2.01. The molecule has 2 rings (SSSR count). The molecular weight excluding hydrogens is 286 g/mol. The number of rotatable bonds is 2. The molecule has 0 bridgehead atoms. The van der Waals surface area contributed by atoms with Crippen molar-refractivity contribution in [1.82, 2.24) is 9.88 Å². The summed E-state index contributed by atoms with van der Waals surface area (Å²) in [6.45, 7) is 7.48. The van der Waals surface area contributed by atoms with Crippen molar-refractivity contribution in [2.45, 2.75) is 26.4 Å². The van der Waals surface area contributed by atoms with Crippen LogP contribution in [0, 0.1) is 0 Å². The summed E-state index contributed by atoms with van der Waals surface area (Å²) in [5.41, 5.74) is -0.348. The SMILES string of the molecule is CC(C)(C)OC(=O)N1CCN(c2ncccc2C(=O)O)CC1. The summed E-state index contributed by atoms with van der Waals surface area (Å²) < 4.78 is 5.34. The van der Waals surface area contributed by atoms with Crippen LogP contribution in [0.2, 0.25) is 0 Å². The molecule has 7 nitrogen and oxygen atoms in total. The molecule has 1 aliphatic rings. The van der Waals surface area contributed by atoms with E-state index in [0.29, 0.717) is 32.0 Å². The normalized spacial score (nSPS) is 15.6. The first-order valence-electron chi connectivity index (χ1n) is 7.19. The summed E-state index contributed by atoms with van der Waals surface area (Å²) in [5, 5.41) is 9.21. The molecule has 1 amide bonds. The average molecular weight is 307 g/mol. The standard InChI is InChI=1S/C15H21N3O4/c1-15(2,3)22-14(21)18-9-7-17(8-10-18)12-11(13(19)20)5-4-6-16-12/h4-6H,7-10H2,1-3H3,(H,19,20). The Kier molecular flexibility index (Phi) is 4.54. The summed E-state index contributed by atoms with van der Waals surface area (Å²) in [4.78, 5) is 30.9. The van der Waals surface area contributed by atoms with E-state index < -0.39 is 11.6 Å². The van der Waals surface area contributed by atoms with Gasteiger partial charge in [0.15, 0.2) is 0 Å². The van der Waals surface area contributed by atoms with Crippen LogP contribution in [0.15, 0.2) is 18.3 Å². The molecule has 1 aromatic rings. The first-order chi connectivity index (χ1) is 10.3. The van der Waals surface area contributed by atoms with Crippen LogP contribution in [0.1, 0.15) is 31.1 Å². The number of carboxylic acid groups (broad SMARTS) is 1. The van der Waals surface area contributed by atoms with E-state index >= 15 is 0 Å². The number of carbonyl (C=O) groups excluding carboxylic acids is 1. The molecule has 0 aromatic carbocycles. The summed E-state index contributed by atoms with van der Waals surface area (Å²) in [6.07, 6.45) is 1.23. The van der Waals surface area contributed by atoms with Crippen molar-refractivity contribution in [1.29, 1.82) is 0 Å². The molecule has 1 aromatic heterocycles. The van der Waals surface area contributed by atoms with Crippen molar-refractivity contribution >= 4 is 17.9 Å². The zero-order valence-corrected chi connectivity index (χ0v) is 13.1. The molecule has 0 unspecified atom stereocenters. The van der Waals surface area contributed by atoms with E-state index in [1.54, 1.807) is 17.2 Å². The average Bonchev–Trinajstić information content (AvgIpc) is 2.45. The van der Waals surface area contributed by atoms with Crippen LogP contribution in [0.25, 0.3) is 0 Å². The number of carboxylic acids is 1. The van der Waals surface area contributed by atoms with Crippen molar-refractivity contribution in [3.05, 3.63) is 23.9 Å². The number of amides is 1. The molecule has 1 saturated heterocycles. The number of pyridine rings is 1. The molecule has 22 heavy (non-hydrogen) atoms. The molecule has 7 heteroatoms. The Labute approximate surface area is 129 Å². The molecule has 0 spiro atoms. The van der Waals surface area contributed by atoms with Gasteiger partial charge in [0, 0.05) is 32.4 Å². The second kappa shape index (κ2) is 6.21. The molecule has 2 heterocycles. The van der Waals surface area contributed by atoms with Gasteiger partial charge >= 0.3 is 12.1 Å². The first-order valence-corrected chi connectivity index (χ1v) is 7.19. The smallest absolute Gasteiger partial charge is 0.410 e. The third kappa shape index (κ3) is 3.87. The number of anilines is 1. The van der Waals surface area contributed by atoms with Crippen molar-refractivity contribution in [3.8, 4) is 0 Å². The number of hydrogen-bond acceptors (Lipinski definition) is 5. The Morgan fingerprint density at radius 3 is 2.41 bits per heavy atom. The number of aromatic nitrogens is 1. The number of ether oxygens (including phenoxy) is 1. The topological polar surface area (TPSA) is 83.0 Å². The summed E-state index contributed by atoms with van der Waals surface area (Å²) >= 11 is 0. The first kappa shape index (κ1) is 16.1. The summed E-state index contributed by atoms with van der Waals surface area (Å²) in [6, 6.07) is 3.13. The minimum Gasteiger partial charge on any atom is -0.478 e. The van der Waals surface area contributed by atoms with Crippen LogP contribution in [-0.2, 0) is 4.74 Å². The highest BCUT2D eigenvalue weighted by Crippen LogP contribution is 2.20. The second-order valence-corrected chi connectivity index (χ2v) is 6.13. The number of nitrogens with zero attached hydrogens (tertiary/aromatic N) is 3. The van der Waals surface area contributed by atoms with Crippen LogP contribution in [0.3, 0.4) is 0 Å². The van der Waals surface area contributed by atoms with Crippen molar-refractivity contribution < 1.29 is 19.4 Å². The number of piperazine rings is 1. The van der Waals surface area contributed by atoms with E-state index in [0.717, 1.165) is 0 Å². The molecule has 1 aliphatic heterocycles. The van der Waals surface area contributed by atoms with Crippen molar-refractivity contribution in [3.63, 3.8) is 0 Å². The highest BCUT2D eigenvalue weighted by molar-refractivity contribution is 5.93. The van der Waals surface area contributed by atoms with Gasteiger partial charge < -0.3 is 19.6 Å². The van der Waals surface area contributed by atoms with E-state index in [4.69, 9.17) is 4.74 Å². The van der Waals surface area contributed by atoms with E-state index in [1.165, 1.54) is 6.07 Å². The van der Waals surface area contributed by atoms with Gasteiger partial charge in [-0.05, 0) is 32.9 Å². The monoisotopic (exact) mass is 307 g/mol. The Bertz CT molecular complexity index is 560. The highest BCUT2D eigenvalue weighted by atomic mass is 16.6. The fourth-order valence-corrected chi connectivity index (χ4v) is 2.24. The fraction of sp³-hybridized carbons (Fsp3) is 0.533. The summed E-state index contributed by atoms with van der Waals surface area (Å²) in [5.74, 6) is -0.559. The lowest BCUT2D eigenvalue weighted by atomic mass is 10.2. The zero-order chi connectivity index (χ0) is 16.3. The fourth-order valence-electron chi connectivity index (χ4n) is 2.24. The van der Waals surface area contributed by atoms with E-state index in [2.05, 4.69) is 4.98 Å². The molecule has 1 N–H and O–H groups in total. The maximum Gasteiger partial charge on any atom is 0.410 e. The molecule has 0 saturated carbocycles. The van der Waals surface area contributed by atoms with Gasteiger partial charge in [-0.2, -0.15) is 0 Å². The van der Waals surface area contributed by atoms with Crippen LogP contribution in [0.5, 0.6) is 0 Å². The Morgan fingerprint density at radius 1 is 1.23 bits per heavy atom. The van der Waals surface area contributed by atoms with Gasteiger partial charge in [-0.15, -0.1) is 0 Å². The van der Waals surface area contributed by atoms with Crippen molar-refractivity contribution in [2.75, 3.05) is 31.1 Å². The lowest BCUT2D eigenvalue weighted by Gasteiger charge is -2.36. The third-order valence-corrected chi connectivity index (χ3v) is 3.25. The van der Waals surface area contributed by atoms with E-state index in [-0.39, 0.29) is 11.7 Å². The van der Waals surface area contributed by atoms with Gasteiger partial charge in [0.1, 0.15) is 17.0 Å². The lowest BCUT2D eigenvalue weighted by Crippen LogP contribution is -2.50. The van der Waals surface area contributed by atoms with Gasteiger partial charge in [-0.25, -0.2) is 14.6 Å². The predicted octanol–water partition coefficient (Wildman–Crippen LogP) is 1.84. The van der Waals surface area contributed by atoms with Gasteiger partial charge in [0.25, 0.3) is 0 Å². The van der Waals surface area contributed by atoms with Crippen molar-refractivity contribution in [2.24, 2.45) is 0 Å². The predicted molar refractivity (Wildman–Crippen MR) is 81.2 cm³/mol. The van der Waals surface area contributed by atoms with E-state index in [1.807, 2.05) is 25.7 Å². The largest absolute Gasteiger partial charge is 0.478 e. The molecule has 120 valence electrons. The summed E-state index contributed by atoms with van der Waals surface area (Å²) in [7, 11) is 0. The zero-order valence-electron chi connectivity index (χ0n) is 13.1. The highest BCUT2D eigenvalue weighted by Gasteiger charge is 2.27. The minimum atomic E-state index is -1.00. The molecule has 0 aliphatic carbocycles. The van der Waals surface area contributed by atoms with Crippen LogP contribution in [0.4, 0.5) is 10.6 Å². The molecule has 0 atom stereocenters. The van der Waals surface area contributed by atoms with Gasteiger partial charge in [-0.3, -0.25) is 0 Å². The Morgan fingerprint density at radius 2 is 1.86 bits per heavy atom. The minimum absolute atomic E-state index is 0.174. The number of hydrogen-bond donors (Lipinski definition) is 1. The molecule has 1 fully saturated rings.